The summed E-state index contributed by atoms with van der Waals surface area (Å²) in [4.78, 5) is 18.6. The van der Waals surface area contributed by atoms with Crippen LogP contribution >= 0.6 is 11.3 Å². The van der Waals surface area contributed by atoms with E-state index in [1.54, 1.807) is 11.3 Å². The van der Waals surface area contributed by atoms with Crippen LogP contribution in [0.15, 0.2) is 30.5 Å². The van der Waals surface area contributed by atoms with Gasteiger partial charge < -0.3 is 20.1 Å². The van der Waals surface area contributed by atoms with Gasteiger partial charge in [0.1, 0.15) is 0 Å². The number of nitrogens with one attached hydrogen (secondary N) is 1. The SMILES string of the molecule is O=C(O)CCc1cccc(NCc2cnc(N3CCOCC3)s2)c1. The molecule has 0 bridgehead atoms. The molecular weight excluding hydrogens is 326 g/mol. The highest BCUT2D eigenvalue weighted by molar-refractivity contribution is 7.15. The fourth-order valence-corrected chi connectivity index (χ4v) is 3.46. The summed E-state index contributed by atoms with van der Waals surface area (Å²) in [5.74, 6) is -0.770. The molecule has 2 aromatic rings. The molecule has 0 saturated carbocycles. The molecule has 1 saturated heterocycles. The highest BCUT2D eigenvalue weighted by Gasteiger charge is 2.14. The first-order valence-electron chi connectivity index (χ1n) is 8.03. The maximum absolute atomic E-state index is 10.7. The van der Waals surface area contributed by atoms with E-state index in [2.05, 4.69) is 15.2 Å². The number of carboxylic acid groups (broad SMARTS) is 1. The Labute approximate surface area is 145 Å². The molecule has 1 aromatic carbocycles. The van der Waals surface area contributed by atoms with Gasteiger partial charge in [0.25, 0.3) is 0 Å². The van der Waals surface area contributed by atoms with E-state index >= 15 is 0 Å². The second-order valence-electron chi connectivity index (χ2n) is 5.66. The van der Waals surface area contributed by atoms with Crippen LogP contribution in [0, 0.1) is 0 Å². The van der Waals surface area contributed by atoms with Gasteiger partial charge in [0, 0.05) is 36.3 Å². The summed E-state index contributed by atoms with van der Waals surface area (Å²) in [6.45, 7) is 4.02. The summed E-state index contributed by atoms with van der Waals surface area (Å²) < 4.78 is 5.37. The third-order valence-electron chi connectivity index (χ3n) is 3.84. The second kappa shape index (κ2) is 8.12. The summed E-state index contributed by atoms with van der Waals surface area (Å²) in [6, 6.07) is 7.91. The van der Waals surface area contributed by atoms with E-state index in [0.29, 0.717) is 13.0 Å². The van der Waals surface area contributed by atoms with Gasteiger partial charge in [0.2, 0.25) is 0 Å². The average Bonchev–Trinajstić information content (AvgIpc) is 3.08. The molecule has 2 N–H and O–H groups in total. The number of carbonyl (C=O) groups is 1. The highest BCUT2D eigenvalue weighted by Crippen LogP contribution is 2.24. The van der Waals surface area contributed by atoms with Gasteiger partial charge in [-0.3, -0.25) is 4.79 Å². The predicted octanol–water partition coefficient (Wildman–Crippen LogP) is 2.61. The van der Waals surface area contributed by atoms with Crippen molar-refractivity contribution in [3.63, 3.8) is 0 Å². The number of nitrogens with zero attached hydrogens (tertiary/aromatic N) is 2. The van der Waals surface area contributed by atoms with Crippen molar-refractivity contribution in [2.75, 3.05) is 36.5 Å². The Balaban J connectivity index is 1.54. The molecule has 7 heteroatoms. The van der Waals surface area contributed by atoms with E-state index in [1.165, 1.54) is 4.88 Å². The normalized spacial score (nSPS) is 14.6. The van der Waals surface area contributed by atoms with Crippen LogP contribution in [0.2, 0.25) is 0 Å². The molecule has 1 fully saturated rings. The van der Waals surface area contributed by atoms with Crippen molar-refractivity contribution in [2.24, 2.45) is 0 Å². The van der Waals surface area contributed by atoms with E-state index < -0.39 is 5.97 Å². The molecule has 0 unspecified atom stereocenters. The molecule has 6 nitrogen and oxygen atoms in total. The number of benzene rings is 1. The zero-order chi connectivity index (χ0) is 16.8. The van der Waals surface area contributed by atoms with E-state index in [4.69, 9.17) is 9.84 Å². The monoisotopic (exact) mass is 347 g/mol. The fraction of sp³-hybridized carbons (Fsp3) is 0.412. The Hall–Kier alpha value is -2.12. The van der Waals surface area contributed by atoms with Crippen LogP contribution in [-0.2, 0) is 22.5 Å². The standard InChI is InChI=1S/C17H21N3O3S/c21-16(22)5-4-13-2-1-3-14(10-13)18-11-15-12-19-17(24-15)20-6-8-23-9-7-20/h1-3,10,12,18H,4-9,11H2,(H,21,22). The third kappa shape index (κ3) is 4.69. The highest BCUT2D eigenvalue weighted by atomic mass is 32.1. The third-order valence-corrected chi connectivity index (χ3v) is 4.90. The van der Waals surface area contributed by atoms with Gasteiger partial charge in [-0.1, -0.05) is 12.1 Å². The molecule has 0 aliphatic carbocycles. The summed E-state index contributed by atoms with van der Waals surface area (Å²) in [5.41, 5.74) is 2.03. The predicted molar refractivity (Wildman–Crippen MR) is 94.9 cm³/mol. The zero-order valence-corrected chi connectivity index (χ0v) is 14.2. The molecular formula is C17H21N3O3S. The number of thiazole rings is 1. The maximum atomic E-state index is 10.7. The lowest BCUT2D eigenvalue weighted by Crippen LogP contribution is -2.36. The van der Waals surface area contributed by atoms with Crippen LogP contribution in [0.25, 0.3) is 0 Å². The van der Waals surface area contributed by atoms with Crippen molar-refractivity contribution in [3.05, 3.63) is 40.9 Å². The first-order valence-corrected chi connectivity index (χ1v) is 8.84. The molecule has 24 heavy (non-hydrogen) atoms. The number of aryl methyl sites for hydroxylation is 1. The van der Waals surface area contributed by atoms with Crippen molar-refractivity contribution in [1.82, 2.24) is 4.98 Å². The number of aliphatic carboxylic acids is 1. The lowest BCUT2D eigenvalue weighted by Gasteiger charge is -2.25. The van der Waals surface area contributed by atoms with E-state index in [9.17, 15) is 4.79 Å². The van der Waals surface area contributed by atoms with Gasteiger partial charge in [0.05, 0.1) is 19.8 Å². The molecule has 0 spiro atoms. The minimum atomic E-state index is -0.770. The van der Waals surface area contributed by atoms with Crippen molar-refractivity contribution >= 4 is 28.1 Å². The molecule has 1 aliphatic heterocycles. The average molecular weight is 347 g/mol. The molecule has 3 rings (SSSR count). The van der Waals surface area contributed by atoms with Crippen LogP contribution in [0.3, 0.4) is 0 Å². The Morgan fingerprint density at radius 1 is 1.38 bits per heavy atom. The van der Waals surface area contributed by atoms with Gasteiger partial charge in [-0.25, -0.2) is 4.98 Å². The minimum Gasteiger partial charge on any atom is -0.481 e. The smallest absolute Gasteiger partial charge is 0.303 e. The number of hydrogen-bond acceptors (Lipinski definition) is 6. The number of anilines is 2. The Bertz CT molecular complexity index is 683. The number of rotatable bonds is 7. The van der Waals surface area contributed by atoms with Gasteiger partial charge >= 0.3 is 5.97 Å². The number of aromatic nitrogens is 1. The summed E-state index contributed by atoms with van der Waals surface area (Å²) in [6.07, 6.45) is 2.62. The molecule has 1 aliphatic rings. The number of carboxylic acids is 1. The maximum Gasteiger partial charge on any atom is 0.303 e. The number of ether oxygens (including phenoxy) is 1. The van der Waals surface area contributed by atoms with Crippen LogP contribution in [-0.4, -0.2) is 42.4 Å². The molecule has 1 aromatic heterocycles. The number of hydrogen-bond donors (Lipinski definition) is 2. The molecule has 2 heterocycles. The van der Waals surface area contributed by atoms with E-state index in [1.807, 2.05) is 30.5 Å². The van der Waals surface area contributed by atoms with Crippen molar-refractivity contribution in [1.29, 1.82) is 0 Å². The lowest BCUT2D eigenvalue weighted by molar-refractivity contribution is -0.136. The lowest BCUT2D eigenvalue weighted by atomic mass is 10.1. The second-order valence-corrected chi connectivity index (χ2v) is 6.75. The van der Waals surface area contributed by atoms with Gasteiger partial charge in [-0.2, -0.15) is 0 Å². The summed E-state index contributed by atoms with van der Waals surface area (Å²) >= 11 is 1.70. The fourth-order valence-electron chi connectivity index (χ4n) is 2.56. The van der Waals surface area contributed by atoms with Crippen LogP contribution < -0.4 is 10.2 Å². The molecule has 0 radical (unpaired) electrons. The largest absolute Gasteiger partial charge is 0.481 e. The van der Waals surface area contributed by atoms with Crippen molar-refractivity contribution < 1.29 is 14.6 Å². The first-order chi connectivity index (χ1) is 11.7. The summed E-state index contributed by atoms with van der Waals surface area (Å²) in [7, 11) is 0. The topological polar surface area (TPSA) is 74.7 Å². The van der Waals surface area contributed by atoms with E-state index in [0.717, 1.165) is 42.7 Å². The first kappa shape index (κ1) is 16.7. The van der Waals surface area contributed by atoms with Crippen LogP contribution in [0.4, 0.5) is 10.8 Å². The molecule has 128 valence electrons. The minimum absolute atomic E-state index is 0.154. The van der Waals surface area contributed by atoms with Gasteiger partial charge in [0.15, 0.2) is 5.13 Å². The van der Waals surface area contributed by atoms with Crippen LogP contribution in [0.1, 0.15) is 16.9 Å². The van der Waals surface area contributed by atoms with Crippen molar-refractivity contribution in [3.8, 4) is 0 Å². The molecule has 0 atom stereocenters. The summed E-state index contributed by atoms with van der Waals surface area (Å²) in [5, 5.41) is 13.2. The molecule has 0 amide bonds. The zero-order valence-electron chi connectivity index (χ0n) is 13.4. The number of morpholine rings is 1. The Morgan fingerprint density at radius 3 is 3.00 bits per heavy atom. The van der Waals surface area contributed by atoms with Crippen LogP contribution in [0.5, 0.6) is 0 Å². The van der Waals surface area contributed by atoms with Gasteiger partial charge in [-0.15, -0.1) is 11.3 Å². The van der Waals surface area contributed by atoms with Crippen molar-refractivity contribution in [2.45, 2.75) is 19.4 Å². The van der Waals surface area contributed by atoms with Gasteiger partial charge in [-0.05, 0) is 24.1 Å². The van der Waals surface area contributed by atoms with E-state index in [-0.39, 0.29) is 6.42 Å². The Morgan fingerprint density at radius 2 is 2.21 bits per heavy atom. The Kier molecular flexibility index (Phi) is 5.66. The quantitative estimate of drug-likeness (QED) is 0.802.